The highest BCUT2D eigenvalue weighted by atomic mass is 35.5. The van der Waals surface area contributed by atoms with E-state index >= 15 is 0 Å². The van der Waals surface area contributed by atoms with Gasteiger partial charge in [-0.15, -0.1) is 10.2 Å². The molecule has 1 aliphatic rings. The summed E-state index contributed by atoms with van der Waals surface area (Å²) in [5, 5.41) is 10.4. The van der Waals surface area contributed by atoms with Gasteiger partial charge in [0.1, 0.15) is 10.4 Å². The predicted octanol–water partition coefficient (Wildman–Crippen LogP) is 3.20. The number of carbonyl (C=O) groups excluding carboxylic acids is 1. The van der Waals surface area contributed by atoms with Gasteiger partial charge >= 0.3 is 0 Å². The number of carbonyl (C=O) groups is 1. The third-order valence-electron chi connectivity index (χ3n) is 4.19. The molecule has 0 bridgehead atoms. The van der Waals surface area contributed by atoms with Crippen LogP contribution in [0.2, 0.25) is 5.02 Å². The lowest BCUT2D eigenvalue weighted by molar-refractivity contribution is 0.102. The number of benzene rings is 2. The molecule has 1 N–H and O–H groups in total. The van der Waals surface area contributed by atoms with Crippen molar-refractivity contribution in [2.75, 3.05) is 16.2 Å². The summed E-state index contributed by atoms with van der Waals surface area (Å²) >= 11 is 7.34. The summed E-state index contributed by atoms with van der Waals surface area (Å²) in [4.78, 5) is 12.3. The number of halogens is 1. The van der Waals surface area contributed by atoms with Crippen molar-refractivity contribution in [3.63, 3.8) is 0 Å². The van der Waals surface area contributed by atoms with Gasteiger partial charge in [0, 0.05) is 12.1 Å². The van der Waals surface area contributed by atoms with Crippen molar-refractivity contribution in [3.8, 4) is 0 Å². The van der Waals surface area contributed by atoms with E-state index in [1.165, 1.54) is 28.0 Å². The van der Waals surface area contributed by atoms with Crippen LogP contribution in [0.25, 0.3) is 0 Å². The zero-order valence-electron chi connectivity index (χ0n) is 13.8. The van der Waals surface area contributed by atoms with Crippen molar-refractivity contribution >= 4 is 49.7 Å². The molecule has 27 heavy (non-hydrogen) atoms. The van der Waals surface area contributed by atoms with E-state index in [1.54, 1.807) is 12.1 Å². The Hall–Kier alpha value is -2.49. The Morgan fingerprint density at radius 2 is 2.04 bits per heavy atom. The van der Waals surface area contributed by atoms with Crippen LogP contribution >= 0.6 is 22.9 Å². The van der Waals surface area contributed by atoms with Gasteiger partial charge in [-0.05, 0) is 36.2 Å². The first-order valence-electron chi connectivity index (χ1n) is 7.94. The molecule has 0 radical (unpaired) electrons. The van der Waals surface area contributed by atoms with Gasteiger partial charge in [-0.2, -0.15) is 0 Å². The first kappa shape index (κ1) is 17.9. The van der Waals surface area contributed by atoms with E-state index < -0.39 is 15.9 Å². The molecular formula is C17H13ClN4O3S2. The molecule has 0 unspecified atom stereocenters. The van der Waals surface area contributed by atoms with Gasteiger partial charge < -0.3 is 0 Å². The Morgan fingerprint density at radius 3 is 2.81 bits per heavy atom. The van der Waals surface area contributed by atoms with Crippen molar-refractivity contribution in [2.45, 2.75) is 11.3 Å². The summed E-state index contributed by atoms with van der Waals surface area (Å²) in [6.45, 7) is 0.333. The molecule has 0 saturated heterocycles. The van der Waals surface area contributed by atoms with Crippen LogP contribution in [-0.4, -0.2) is 31.1 Å². The quantitative estimate of drug-likeness (QED) is 0.699. The predicted molar refractivity (Wildman–Crippen MR) is 104 cm³/mol. The SMILES string of the molecule is O=C(Nc1nncs1)c1ccc(Cl)c(S(=O)(=O)N2CCc3ccccc32)c1. The van der Waals surface area contributed by atoms with Crippen LogP contribution in [0.4, 0.5) is 10.8 Å². The summed E-state index contributed by atoms with van der Waals surface area (Å²) in [5.74, 6) is -0.485. The Morgan fingerprint density at radius 1 is 1.22 bits per heavy atom. The maximum absolute atomic E-state index is 13.2. The molecule has 0 atom stereocenters. The Labute approximate surface area is 164 Å². The summed E-state index contributed by atoms with van der Waals surface area (Å²) in [6, 6.07) is 11.5. The number of nitrogens with one attached hydrogen (secondary N) is 1. The van der Waals surface area contributed by atoms with Gasteiger partial charge in [0.05, 0.1) is 10.7 Å². The number of rotatable bonds is 4. The van der Waals surface area contributed by atoms with E-state index in [-0.39, 0.29) is 15.5 Å². The Balaban J connectivity index is 1.70. The van der Waals surface area contributed by atoms with Gasteiger partial charge in [-0.3, -0.25) is 14.4 Å². The summed E-state index contributed by atoms with van der Waals surface area (Å²) in [6.07, 6.45) is 0.629. The van der Waals surface area contributed by atoms with E-state index in [0.29, 0.717) is 23.8 Å². The van der Waals surface area contributed by atoms with Crippen LogP contribution < -0.4 is 9.62 Å². The summed E-state index contributed by atoms with van der Waals surface area (Å²) in [5.41, 5.74) is 3.25. The number of sulfonamides is 1. The van der Waals surface area contributed by atoms with Crippen LogP contribution in [0.15, 0.2) is 52.9 Å². The number of anilines is 2. The molecule has 1 aliphatic heterocycles. The maximum Gasteiger partial charge on any atom is 0.265 e. The third-order valence-corrected chi connectivity index (χ3v) is 7.09. The second-order valence-electron chi connectivity index (χ2n) is 5.80. The highest BCUT2D eigenvalue weighted by molar-refractivity contribution is 7.93. The van der Waals surface area contributed by atoms with E-state index in [1.807, 2.05) is 12.1 Å². The number of nitrogens with zero attached hydrogens (tertiary/aromatic N) is 3. The number of para-hydroxylation sites is 1. The van der Waals surface area contributed by atoms with E-state index in [2.05, 4.69) is 15.5 Å². The third kappa shape index (κ3) is 3.29. The van der Waals surface area contributed by atoms with Gasteiger partial charge in [-0.25, -0.2) is 8.42 Å². The second-order valence-corrected chi connectivity index (χ2v) is 8.87. The van der Waals surface area contributed by atoms with E-state index in [4.69, 9.17) is 11.6 Å². The molecular weight excluding hydrogens is 408 g/mol. The van der Waals surface area contributed by atoms with Crippen LogP contribution in [0, 0.1) is 0 Å². The molecule has 0 saturated carbocycles. The first-order valence-corrected chi connectivity index (χ1v) is 10.6. The minimum Gasteiger partial charge on any atom is -0.296 e. The summed E-state index contributed by atoms with van der Waals surface area (Å²) in [7, 11) is -3.90. The molecule has 2 aromatic carbocycles. The average Bonchev–Trinajstić information content (AvgIpc) is 3.31. The highest BCUT2D eigenvalue weighted by Gasteiger charge is 2.32. The van der Waals surface area contributed by atoms with Gasteiger partial charge in [0.25, 0.3) is 15.9 Å². The number of amides is 1. The Bertz CT molecular complexity index is 1120. The normalized spacial score (nSPS) is 13.4. The number of hydrogen-bond acceptors (Lipinski definition) is 6. The molecule has 2 heterocycles. The minimum atomic E-state index is -3.90. The summed E-state index contributed by atoms with van der Waals surface area (Å²) < 4.78 is 27.7. The fourth-order valence-corrected chi connectivity index (χ4v) is 5.36. The molecule has 0 fully saturated rings. The van der Waals surface area contributed by atoms with Crippen molar-refractivity contribution in [1.82, 2.24) is 10.2 Å². The van der Waals surface area contributed by atoms with Crippen molar-refractivity contribution in [1.29, 1.82) is 0 Å². The van der Waals surface area contributed by atoms with Crippen molar-refractivity contribution in [2.24, 2.45) is 0 Å². The van der Waals surface area contributed by atoms with Gasteiger partial charge in [-0.1, -0.05) is 41.1 Å². The highest BCUT2D eigenvalue weighted by Crippen LogP contribution is 2.35. The van der Waals surface area contributed by atoms with Crippen molar-refractivity contribution in [3.05, 3.63) is 64.1 Å². The average molecular weight is 421 g/mol. The maximum atomic E-state index is 13.2. The van der Waals surface area contributed by atoms with Crippen LogP contribution in [0.3, 0.4) is 0 Å². The number of aromatic nitrogens is 2. The zero-order chi connectivity index (χ0) is 19.0. The smallest absolute Gasteiger partial charge is 0.265 e. The van der Waals surface area contributed by atoms with Gasteiger partial charge in [0.15, 0.2) is 0 Å². The van der Waals surface area contributed by atoms with E-state index in [0.717, 1.165) is 16.9 Å². The fraction of sp³-hybridized carbons (Fsp3) is 0.118. The second kappa shape index (κ2) is 6.91. The topological polar surface area (TPSA) is 92.3 Å². The standard InChI is InChI=1S/C17H13ClN4O3S2/c18-13-6-5-12(16(23)20-17-21-19-10-26-17)9-15(13)27(24,25)22-8-7-11-3-1-2-4-14(11)22/h1-6,9-10H,7-8H2,(H,20,21,23). The molecule has 0 spiro atoms. The number of hydrogen-bond donors (Lipinski definition) is 1. The fourth-order valence-electron chi connectivity index (χ4n) is 2.92. The lowest BCUT2D eigenvalue weighted by Gasteiger charge is -2.20. The molecule has 3 aromatic rings. The van der Waals surface area contributed by atoms with Crippen LogP contribution in [0.5, 0.6) is 0 Å². The molecule has 138 valence electrons. The lowest BCUT2D eigenvalue weighted by Crippen LogP contribution is -2.29. The molecule has 1 aromatic heterocycles. The molecule has 7 nitrogen and oxygen atoms in total. The minimum absolute atomic E-state index is 0.0619. The van der Waals surface area contributed by atoms with Crippen LogP contribution in [-0.2, 0) is 16.4 Å². The van der Waals surface area contributed by atoms with Crippen molar-refractivity contribution < 1.29 is 13.2 Å². The molecule has 0 aliphatic carbocycles. The molecule has 4 rings (SSSR count). The lowest BCUT2D eigenvalue weighted by atomic mass is 10.2. The first-order chi connectivity index (χ1) is 13.0. The Kier molecular flexibility index (Phi) is 4.58. The van der Waals surface area contributed by atoms with Gasteiger partial charge in [0.2, 0.25) is 5.13 Å². The monoisotopic (exact) mass is 420 g/mol. The zero-order valence-corrected chi connectivity index (χ0v) is 16.2. The number of fused-ring (bicyclic) bond motifs is 1. The van der Waals surface area contributed by atoms with Crippen LogP contribution in [0.1, 0.15) is 15.9 Å². The van der Waals surface area contributed by atoms with E-state index in [9.17, 15) is 13.2 Å². The molecule has 1 amide bonds. The molecule has 10 heteroatoms. The largest absolute Gasteiger partial charge is 0.296 e.